The van der Waals surface area contributed by atoms with E-state index in [4.69, 9.17) is 4.42 Å². The van der Waals surface area contributed by atoms with E-state index in [1.54, 1.807) is 18.2 Å². The largest absolute Gasteiger partial charge is 0.441 e. The van der Waals surface area contributed by atoms with Crippen molar-refractivity contribution < 1.29 is 12.8 Å². The third-order valence-corrected chi connectivity index (χ3v) is 2.24. The van der Waals surface area contributed by atoms with Gasteiger partial charge in [-0.25, -0.2) is 0 Å². The second kappa shape index (κ2) is 3.06. The topological polar surface area (TPSA) is 47.3 Å². The van der Waals surface area contributed by atoms with Crippen molar-refractivity contribution in [2.45, 2.75) is 0 Å². The van der Waals surface area contributed by atoms with E-state index in [9.17, 15) is 8.42 Å². The number of rotatable bonds is 0. The Kier molecular flexibility index (Phi) is 1.90. The molecule has 0 aliphatic carbocycles. The Balaban J connectivity index is 3.01. The van der Waals surface area contributed by atoms with Crippen LogP contribution in [0.2, 0.25) is 0 Å². The van der Waals surface area contributed by atoms with E-state index in [1.165, 1.54) is 6.07 Å². The third kappa shape index (κ3) is 1.48. The summed E-state index contributed by atoms with van der Waals surface area (Å²) in [5.74, 6) is 0. The van der Waals surface area contributed by atoms with E-state index < -0.39 is 10.3 Å². The van der Waals surface area contributed by atoms with Gasteiger partial charge >= 0.3 is 0 Å². The highest BCUT2D eigenvalue weighted by Gasteiger charge is 1.93. The van der Waals surface area contributed by atoms with Crippen molar-refractivity contribution in [3.8, 4) is 0 Å². The first-order valence-electron chi connectivity index (χ1n) is 3.68. The monoisotopic (exact) mass is 194 g/mol. The van der Waals surface area contributed by atoms with Crippen LogP contribution in [0.15, 0.2) is 40.8 Å². The lowest BCUT2D eigenvalue weighted by Gasteiger charge is -1.92. The van der Waals surface area contributed by atoms with E-state index in [0.29, 0.717) is 5.58 Å². The highest BCUT2D eigenvalue weighted by atomic mass is 32.2. The third-order valence-electron chi connectivity index (χ3n) is 1.69. The van der Waals surface area contributed by atoms with Gasteiger partial charge in [-0.1, -0.05) is 18.2 Å². The molecule has 2 rings (SSSR count). The fourth-order valence-corrected chi connectivity index (χ4v) is 1.44. The van der Waals surface area contributed by atoms with Crippen LogP contribution in [-0.2, 0) is 10.3 Å². The SMILES string of the molecule is O=S(=O)=c1ccc2ccccc2o1. The molecule has 0 unspecified atom stereocenters. The zero-order chi connectivity index (χ0) is 9.26. The lowest BCUT2D eigenvalue weighted by Crippen LogP contribution is -1.73. The van der Waals surface area contributed by atoms with Crippen molar-refractivity contribution in [3.05, 3.63) is 41.1 Å². The predicted molar refractivity (Wildman–Crippen MR) is 48.4 cm³/mol. The summed E-state index contributed by atoms with van der Waals surface area (Å²) in [6, 6.07) is 10.4. The summed E-state index contributed by atoms with van der Waals surface area (Å²) in [5, 5.41) is 0.886. The van der Waals surface area contributed by atoms with Crippen molar-refractivity contribution in [1.82, 2.24) is 0 Å². The molecule has 1 heterocycles. The number of benzene rings is 1. The van der Waals surface area contributed by atoms with Crippen molar-refractivity contribution >= 4 is 21.3 Å². The standard InChI is InChI=1S/C9H6O3S/c10-13(11)9-6-5-7-3-1-2-4-8(7)12-9/h1-6H. The van der Waals surface area contributed by atoms with Gasteiger partial charge in [0.25, 0.3) is 10.3 Å². The molecule has 0 spiro atoms. The molecule has 0 saturated heterocycles. The molecule has 0 bridgehead atoms. The molecule has 0 aliphatic rings. The zero-order valence-corrected chi connectivity index (χ0v) is 7.41. The Bertz CT molecular complexity index is 600. The fourth-order valence-electron chi connectivity index (χ4n) is 1.10. The van der Waals surface area contributed by atoms with Crippen LogP contribution in [0.5, 0.6) is 0 Å². The van der Waals surface area contributed by atoms with Gasteiger partial charge in [-0.05, 0) is 18.2 Å². The summed E-state index contributed by atoms with van der Waals surface area (Å²) in [5.41, 5.74) is 0.573. The maximum atomic E-state index is 10.6. The Morgan fingerprint density at radius 2 is 1.77 bits per heavy atom. The van der Waals surface area contributed by atoms with Crippen molar-refractivity contribution in [3.63, 3.8) is 0 Å². The molecule has 13 heavy (non-hydrogen) atoms. The van der Waals surface area contributed by atoms with E-state index in [0.717, 1.165) is 5.39 Å². The molecule has 1 aromatic heterocycles. The molecule has 66 valence electrons. The first-order chi connectivity index (χ1) is 6.27. The van der Waals surface area contributed by atoms with Gasteiger partial charge in [0, 0.05) is 5.39 Å². The molecule has 1 aromatic carbocycles. The fraction of sp³-hybridized carbons (Fsp3) is 0. The van der Waals surface area contributed by atoms with Crippen LogP contribution in [0.4, 0.5) is 0 Å². The minimum atomic E-state index is -2.30. The molecule has 0 aliphatic heterocycles. The Morgan fingerprint density at radius 3 is 2.54 bits per heavy atom. The second-order valence-electron chi connectivity index (χ2n) is 2.53. The van der Waals surface area contributed by atoms with Gasteiger partial charge < -0.3 is 4.42 Å². The summed E-state index contributed by atoms with van der Waals surface area (Å²) >= 11 is 0. The molecule has 0 radical (unpaired) electrons. The van der Waals surface area contributed by atoms with Crippen molar-refractivity contribution in [2.24, 2.45) is 0 Å². The van der Waals surface area contributed by atoms with Crippen LogP contribution in [0.3, 0.4) is 0 Å². The van der Waals surface area contributed by atoms with E-state index >= 15 is 0 Å². The van der Waals surface area contributed by atoms with Crippen molar-refractivity contribution in [2.75, 3.05) is 0 Å². The lowest BCUT2D eigenvalue weighted by atomic mass is 10.2. The van der Waals surface area contributed by atoms with Gasteiger partial charge in [0.2, 0.25) is 4.71 Å². The Hall–Kier alpha value is -1.55. The predicted octanol–water partition coefficient (Wildman–Crippen LogP) is 1.84. The van der Waals surface area contributed by atoms with Gasteiger partial charge in [-0.2, -0.15) is 8.42 Å². The summed E-state index contributed by atoms with van der Waals surface area (Å²) in [4.78, 5) is 0. The Labute approximate surface area is 75.8 Å². The minimum absolute atomic E-state index is 0.0429. The van der Waals surface area contributed by atoms with Gasteiger partial charge in [0.05, 0.1) is 0 Å². The van der Waals surface area contributed by atoms with Gasteiger partial charge in [-0.3, -0.25) is 0 Å². The molecular weight excluding hydrogens is 188 g/mol. The number of para-hydroxylation sites is 1. The molecule has 4 heteroatoms. The summed E-state index contributed by atoms with van der Waals surface area (Å²) < 4.78 is 26.2. The number of hydrogen-bond acceptors (Lipinski definition) is 3. The molecular formula is C9H6O3S. The quantitative estimate of drug-likeness (QED) is 0.601. The van der Waals surface area contributed by atoms with E-state index in [1.807, 2.05) is 12.1 Å². The van der Waals surface area contributed by atoms with Crippen LogP contribution in [0.1, 0.15) is 0 Å². The van der Waals surface area contributed by atoms with Crippen LogP contribution >= 0.6 is 0 Å². The normalized spacial score (nSPS) is 10.2. The highest BCUT2D eigenvalue weighted by molar-refractivity contribution is 7.63. The zero-order valence-electron chi connectivity index (χ0n) is 6.60. The van der Waals surface area contributed by atoms with E-state index in [2.05, 4.69) is 0 Å². The molecule has 0 fully saturated rings. The average Bonchev–Trinajstić information content (AvgIpc) is 2.17. The van der Waals surface area contributed by atoms with E-state index in [-0.39, 0.29) is 4.71 Å². The molecule has 2 aromatic rings. The second-order valence-corrected chi connectivity index (χ2v) is 3.40. The molecule has 0 saturated carbocycles. The maximum Gasteiger partial charge on any atom is 0.257 e. The lowest BCUT2D eigenvalue weighted by molar-refractivity contribution is 0.567. The highest BCUT2D eigenvalue weighted by Crippen LogP contribution is 2.12. The molecule has 3 nitrogen and oxygen atoms in total. The number of fused-ring (bicyclic) bond motifs is 1. The van der Waals surface area contributed by atoms with Crippen LogP contribution in [0, 0.1) is 4.71 Å². The number of hydrogen-bond donors (Lipinski definition) is 0. The van der Waals surface area contributed by atoms with Gasteiger partial charge in [-0.15, -0.1) is 0 Å². The maximum absolute atomic E-state index is 10.6. The summed E-state index contributed by atoms with van der Waals surface area (Å²) in [6.45, 7) is 0. The van der Waals surface area contributed by atoms with Crippen molar-refractivity contribution in [1.29, 1.82) is 0 Å². The summed E-state index contributed by atoms with van der Waals surface area (Å²) in [6.07, 6.45) is 0. The molecule has 0 N–H and O–H groups in total. The average molecular weight is 194 g/mol. The minimum Gasteiger partial charge on any atom is -0.441 e. The first kappa shape index (κ1) is 8.07. The van der Waals surface area contributed by atoms with Gasteiger partial charge in [0.15, 0.2) is 0 Å². The molecule has 0 atom stereocenters. The van der Waals surface area contributed by atoms with Crippen LogP contribution < -0.4 is 0 Å². The smallest absolute Gasteiger partial charge is 0.257 e. The van der Waals surface area contributed by atoms with Crippen LogP contribution in [0.25, 0.3) is 11.0 Å². The van der Waals surface area contributed by atoms with Gasteiger partial charge in [0.1, 0.15) is 5.58 Å². The Morgan fingerprint density at radius 1 is 1.00 bits per heavy atom. The first-order valence-corrected chi connectivity index (χ1v) is 4.76. The van der Waals surface area contributed by atoms with Crippen LogP contribution in [-0.4, -0.2) is 8.42 Å². The summed E-state index contributed by atoms with van der Waals surface area (Å²) in [7, 11) is -2.30. The molecule has 0 amide bonds.